The van der Waals surface area contributed by atoms with Gasteiger partial charge >= 0.3 is 5.69 Å². The summed E-state index contributed by atoms with van der Waals surface area (Å²) in [6.45, 7) is 6.36. The van der Waals surface area contributed by atoms with E-state index < -0.39 is 0 Å². The van der Waals surface area contributed by atoms with Crippen LogP contribution in [0, 0.1) is 20.8 Å². The Hall–Kier alpha value is -3.39. The van der Waals surface area contributed by atoms with Crippen LogP contribution in [0.1, 0.15) is 46.8 Å². The van der Waals surface area contributed by atoms with E-state index in [2.05, 4.69) is 28.5 Å². The Morgan fingerprint density at radius 2 is 1.88 bits per heavy atom. The zero-order valence-corrected chi connectivity index (χ0v) is 19.8. The molecule has 0 saturated heterocycles. The standard InChI is InChI=1S/C24H25ClN6O2/c1-14-15(2)26-30(16(14)3)18-10-11-23(21(25)12-18)33-13-20-19(17-8-9-17)6-5-7-22(20)31-24(32)29(4)27-28-31/h5-7,10-12,17H,8-9,13H2,1-4H3. The highest BCUT2D eigenvalue weighted by Gasteiger charge is 2.28. The first-order valence-electron chi connectivity index (χ1n) is 10.9. The van der Waals surface area contributed by atoms with E-state index in [1.165, 1.54) is 14.9 Å². The van der Waals surface area contributed by atoms with Gasteiger partial charge in [-0.15, -0.1) is 0 Å². The van der Waals surface area contributed by atoms with E-state index in [9.17, 15) is 4.79 Å². The zero-order valence-electron chi connectivity index (χ0n) is 19.0. The molecule has 0 aliphatic heterocycles. The largest absolute Gasteiger partial charge is 0.487 e. The molecule has 1 aliphatic rings. The lowest BCUT2D eigenvalue weighted by Crippen LogP contribution is -2.23. The molecular weight excluding hydrogens is 440 g/mol. The quantitative estimate of drug-likeness (QED) is 0.427. The third kappa shape index (κ3) is 3.84. The van der Waals surface area contributed by atoms with Crippen molar-refractivity contribution < 1.29 is 4.74 Å². The van der Waals surface area contributed by atoms with Gasteiger partial charge < -0.3 is 4.74 Å². The molecule has 2 aromatic heterocycles. The van der Waals surface area contributed by atoms with Crippen molar-refractivity contribution in [1.82, 2.24) is 29.6 Å². The van der Waals surface area contributed by atoms with Gasteiger partial charge in [0, 0.05) is 18.3 Å². The minimum absolute atomic E-state index is 0.267. The van der Waals surface area contributed by atoms with Crippen molar-refractivity contribution in [3.63, 3.8) is 0 Å². The van der Waals surface area contributed by atoms with E-state index in [4.69, 9.17) is 16.3 Å². The third-order valence-corrected chi connectivity index (χ3v) is 6.64. The summed E-state index contributed by atoms with van der Waals surface area (Å²) < 4.78 is 10.6. The molecule has 33 heavy (non-hydrogen) atoms. The van der Waals surface area contributed by atoms with E-state index in [1.54, 1.807) is 7.05 Å². The zero-order chi connectivity index (χ0) is 23.3. The van der Waals surface area contributed by atoms with Gasteiger partial charge in [-0.25, -0.2) is 9.48 Å². The van der Waals surface area contributed by atoms with E-state index >= 15 is 0 Å². The van der Waals surface area contributed by atoms with E-state index in [1.807, 2.05) is 48.9 Å². The van der Waals surface area contributed by atoms with E-state index in [0.717, 1.165) is 41.0 Å². The SMILES string of the molecule is Cc1nn(-c2ccc(OCc3c(C4CC4)cccc3-n3nnn(C)c3=O)c(Cl)c2)c(C)c1C. The number of tetrazole rings is 1. The molecule has 1 aliphatic carbocycles. The molecular formula is C24H25ClN6O2. The van der Waals surface area contributed by atoms with Gasteiger partial charge in [-0.2, -0.15) is 14.5 Å². The molecule has 9 heteroatoms. The third-order valence-electron chi connectivity index (χ3n) is 6.34. The fourth-order valence-corrected chi connectivity index (χ4v) is 4.28. The summed E-state index contributed by atoms with van der Waals surface area (Å²) in [7, 11) is 1.58. The van der Waals surface area contributed by atoms with Crippen molar-refractivity contribution >= 4 is 11.6 Å². The van der Waals surface area contributed by atoms with Crippen molar-refractivity contribution in [2.24, 2.45) is 7.05 Å². The van der Waals surface area contributed by atoms with Crippen molar-refractivity contribution in [1.29, 1.82) is 0 Å². The van der Waals surface area contributed by atoms with Crippen LogP contribution in [0.3, 0.4) is 0 Å². The smallest absolute Gasteiger partial charge is 0.368 e. The van der Waals surface area contributed by atoms with Crippen LogP contribution in [-0.2, 0) is 13.7 Å². The van der Waals surface area contributed by atoms with Crippen molar-refractivity contribution in [2.45, 2.75) is 46.1 Å². The van der Waals surface area contributed by atoms with Gasteiger partial charge in [0.05, 0.1) is 22.1 Å². The van der Waals surface area contributed by atoms with Crippen LogP contribution in [-0.4, -0.2) is 29.6 Å². The van der Waals surface area contributed by atoms with E-state index in [0.29, 0.717) is 22.4 Å². The second kappa shape index (κ2) is 8.19. The molecule has 170 valence electrons. The van der Waals surface area contributed by atoms with Crippen LogP contribution in [0.25, 0.3) is 11.4 Å². The summed E-state index contributed by atoms with van der Waals surface area (Å²) in [6.07, 6.45) is 2.26. The van der Waals surface area contributed by atoms with Crippen LogP contribution in [0.4, 0.5) is 0 Å². The van der Waals surface area contributed by atoms with Crippen LogP contribution in [0.15, 0.2) is 41.2 Å². The minimum Gasteiger partial charge on any atom is -0.487 e. The Labute approximate surface area is 196 Å². The number of hydrogen-bond acceptors (Lipinski definition) is 5. The summed E-state index contributed by atoms with van der Waals surface area (Å²) in [4.78, 5) is 12.5. The lowest BCUT2D eigenvalue weighted by Gasteiger charge is -2.16. The van der Waals surface area contributed by atoms with Gasteiger partial charge in [0.15, 0.2) is 0 Å². The summed E-state index contributed by atoms with van der Waals surface area (Å²) in [5, 5.41) is 13.0. The van der Waals surface area contributed by atoms with Crippen LogP contribution in [0.5, 0.6) is 5.75 Å². The molecule has 0 unspecified atom stereocenters. The molecule has 1 saturated carbocycles. The number of hydrogen-bond donors (Lipinski definition) is 0. The predicted octanol–water partition coefficient (Wildman–Crippen LogP) is 4.19. The molecule has 0 radical (unpaired) electrons. The predicted molar refractivity (Wildman–Crippen MR) is 126 cm³/mol. The van der Waals surface area contributed by atoms with E-state index in [-0.39, 0.29) is 12.3 Å². The van der Waals surface area contributed by atoms with Crippen LogP contribution < -0.4 is 10.4 Å². The molecule has 0 bridgehead atoms. The number of rotatable bonds is 6. The van der Waals surface area contributed by atoms with Crippen molar-refractivity contribution in [2.75, 3.05) is 0 Å². The molecule has 2 heterocycles. The lowest BCUT2D eigenvalue weighted by atomic mass is 10.0. The minimum atomic E-state index is -0.299. The first-order valence-corrected chi connectivity index (χ1v) is 11.3. The topological polar surface area (TPSA) is 79.8 Å². The Morgan fingerprint density at radius 1 is 1.09 bits per heavy atom. The molecule has 5 rings (SSSR count). The summed E-state index contributed by atoms with van der Waals surface area (Å²) in [5.41, 5.74) is 6.60. The molecule has 2 aromatic carbocycles. The normalized spacial score (nSPS) is 13.5. The molecule has 8 nitrogen and oxygen atoms in total. The van der Waals surface area contributed by atoms with Crippen LogP contribution in [0.2, 0.25) is 5.02 Å². The molecule has 0 spiro atoms. The second-order valence-corrected chi connectivity index (χ2v) is 8.93. The highest BCUT2D eigenvalue weighted by Crippen LogP contribution is 2.43. The van der Waals surface area contributed by atoms with Gasteiger partial charge in [-0.05, 0) is 85.3 Å². The second-order valence-electron chi connectivity index (χ2n) is 8.53. The average Bonchev–Trinajstić information content (AvgIpc) is 3.56. The highest BCUT2D eigenvalue weighted by atomic mass is 35.5. The first kappa shape index (κ1) is 21.5. The lowest BCUT2D eigenvalue weighted by molar-refractivity contribution is 0.304. The fourth-order valence-electron chi connectivity index (χ4n) is 4.05. The van der Waals surface area contributed by atoms with Gasteiger partial charge in [0.25, 0.3) is 0 Å². The van der Waals surface area contributed by atoms with Crippen molar-refractivity contribution in [3.05, 3.63) is 80.0 Å². The monoisotopic (exact) mass is 464 g/mol. The Balaban J connectivity index is 1.47. The number of aryl methyl sites for hydroxylation is 2. The first-order chi connectivity index (χ1) is 15.8. The Kier molecular flexibility index (Phi) is 5.32. The number of benzene rings is 2. The Morgan fingerprint density at radius 3 is 2.48 bits per heavy atom. The molecule has 0 amide bonds. The fraction of sp³-hybridized carbons (Fsp3) is 0.333. The summed E-state index contributed by atoms with van der Waals surface area (Å²) in [6, 6.07) is 11.6. The van der Waals surface area contributed by atoms with Crippen molar-refractivity contribution in [3.8, 4) is 17.1 Å². The summed E-state index contributed by atoms with van der Waals surface area (Å²) in [5.74, 6) is 1.05. The number of halogens is 1. The summed E-state index contributed by atoms with van der Waals surface area (Å²) >= 11 is 6.60. The molecule has 1 fully saturated rings. The maximum atomic E-state index is 12.5. The Bertz CT molecular complexity index is 1410. The van der Waals surface area contributed by atoms with Gasteiger partial charge in [0.2, 0.25) is 0 Å². The highest BCUT2D eigenvalue weighted by molar-refractivity contribution is 6.32. The number of ether oxygens (including phenoxy) is 1. The number of nitrogens with zero attached hydrogens (tertiary/aromatic N) is 6. The molecule has 0 N–H and O–H groups in total. The maximum absolute atomic E-state index is 12.5. The van der Waals surface area contributed by atoms with Crippen LogP contribution >= 0.6 is 11.6 Å². The average molecular weight is 465 g/mol. The molecule has 4 aromatic rings. The van der Waals surface area contributed by atoms with Gasteiger partial charge in [0.1, 0.15) is 12.4 Å². The maximum Gasteiger partial charge on any atom is 0.368 e. The van der Waals surface area contributed by atoms with Gasteiger partial charge in [-0.3, -0.25) is 0 Å². The molecule has 0 atom stereocenters. The number of aromatic nitrogens is 6. The van der Waals surface area contributed by atoms with Gasteiger partial charge in [-0.1, -0.05) is 23.7 Å².